The lowest BCUT2D eigenvalue weighted by molar-refractivity contribution is 0.538. The van der Waals surface area contributed by atoms with Crippen molar-refractivity contribution in [1.82, 2.24) is 10.0 Å². The van der Waals surface area contributed by atoms with Crippen molar-refractivity contribution in [3.8, 4) is 0 Å². The van der Waals surface area contributed by atoms with Gasteiger partial charge in [-0.25, -0.2) is 13.1 Å². The molecule has 0 aliphatic heterocycles. The third kappa shape index (κ3) is 3.33. The van der Waals surface area contributed by atoms with Crippen molar-refractivity contribution < 1.29 is 8.42 Å². The first-order valence-corrected chi connectivity index (χ1v) is 8.98. The lowest BCUT2D eigenvalue weighted by Crippen LogP contribution is -2.33. The molecule has 1 aromatic heterocycles. The summed E-state index contributed by atoms with van der Waals surface area (Å²) in [5.41, 5.74) is 0. The minimum Gasteiger partial charge on any atom is -0.315 e. The van der Waals surface area contributed by atoms with Gasteiger partial charge in [-0.1, -0.05) is 0 Å². The van der Waals surface area contributed by atoms with Crippen LogP contribution < -0.4 is 10.0 Å². The molecule has 0 saturated heterocycles. The molecule has 0 amide bonds. The Morgan fingerprint density at radius 3 is 2.78 bits per heavy atom. The zero-order valence-electron chi connectivity index (χ0n) is 10.4. The molecule has 18 heavy (non-hydrogen) atoms. The van der Waals surface area contributed by atoms with E-state index >= 15 is 0 Å². The molecule has 0 spiro atoms. The van der Waals surface area contributed by atoms with E-state index in [0.717, 1.165) is 17.7 Å². The number of rotatable bonds is 6. The van der Waals surface area contributed by atoms with E-state index in [-0.39, 0.29) is 6.04 Å². The molecule has 1 aliphatic carbocycles. The number of hydrogen-bond acceptors (Lipinski definition) is 4. The maximum atomic E-state index is 12.3. The molecular weight excluding hydrogens is 336 g/mol. The van der Waals surface area contributed by atoms with Crippen LogP contribution >= 0.6 is 27.3 Å². The third-order valence-electron chi connectivity index (χ3n) is 3.02. The third-order valence-corrected chi connectivity index (χ3v) is 6.83. The fourth-order valence-corrected chi connectivity index (χ4v) is 5.85. The van der Waals surface area contributed by atoms with Gasteiger partial charge in [0, 0.05) is 17.5 Å². The predicted octanol–water partition coefficient (Wildman–Crippen LogP) is 2.31. The van der Waals surface area contributed by atoms with E-state index < -0.39 is 10.0 Å². The second kappa shape index (κ2) is 5.58. The zero-order chi connectivity index (χ0) is 13.3. The summed E-state index contributed by atoms with van der Waals surface area (Å²) in [7, 11) is -1.56. The van der Waals surface area contributed by atoms with Crippen molar-refractivity contribution in [3.05, 3.63) is 14.7 Å². The molecule has 0 radical (unpaired) electrons. The molecule has 1 fully saturated rings. The lowest BCUT2D eigenvalue weighted by atomic mass is 10.2. The molecule has 4 nitrogen and oxygen atoms in total. The van der Waals surface area contributed by atoms with Gasteiger partial charge in [0.05, 0.1) is 3.79 Å². The molecule has 1 atom stereocenters. The van der Waals surface area contributed by atoms with E-state index in [4.69, 9.17) is 0 Å². The van der Waals surface area contributed by atoms with Gasteiger partial charge in [-0.3, -0.25) is 0 Å². The van der Waals surface area contributed by atoms with E-state index in [0.29, 0.717) is 21.1 Å². The van der Waals surface area contributed by atoms with Crippen molar-refractivity contribution >= 4 is 37.3 Å². The highest BCUT2D eigenvalue weighted by Gasteiger charge is 2.32. The Kier molecular flexibility index (Phi) is 4.48. The van der Waals surface area contributed by atoms with Gasteiger partial charge in [-0.2, -0.15) is 0 Å². The largest absolute Gasteiger partial charge is 0.315 e. The van der Waals surface area contributed by atoms with Crippen LogP contribution in [0.1, 0.15) is 24.6 Å². The molecule has 1 aromatic rings. The van der Waals surface area contributed by atoms with Gasteiger partial charge in [0.15, 0.2) is 0 Å². The fourth-order valence-electron chi connectivity index (χ4n) is 1.84. The Morgan fingerprint density at radius 2 is 2.22 bits per heavy atom. The van der Waals surface area contributed by atoms with E-state index in [1.807, 2.05) is 14.0 Å². The number of halogens is 1. The topological polar surface area (TPSA) is 58.2 Å². The lowest BCUT2D eigenvalue weighted by Gasteiger charge is -2.12. The van der Waals surface area contributed by atoms with Crippen LogP contribution in [0, 0.1) is 5.92 Å². The Bertz CT molecular complexity index is 523. The maximum Gasteiger partial charge on any atom is 0.242 e. The number of sulfonamides is 1. The first-order valence-electron chi connectivity index (χ1n) is 5.89. The highest BCUT2D eigenvalue weighted by Crippen LogP contribution is 2.35. The minimum absolute atomic E-state index is 0.0227. The Morgan fingerprint density at radius 1 is 1.56 bits per heavy atom. The normalized spacial score (nSPS) is 17.9. The molecule has 2 rings (SSSR count). The van der Waals surface area contributed by atoms with Gasteiger partial charge < -0.3 is 5.32 Å². The first-order chi connectivity index (χ1) is 8.44. The Hall–Kier alpha value is 0.0500. The van der Waals surface area contributed by atoms with E-state index in [1.54, 1.807) is 6.07 Å². The molecule has 2 N–H and O–H groups in total. The van der Waals surface area contributed by atoms with Gasteiger partial charge in [0.25, 0.3) is 0 Å². The molecule has 1 unspecified atom stereocenters. The van der Waals surface area contributed by atoms with Crippen LogP contribution in [0.25, 0.3) is 0 Å². The fraction of sp³-hybridized carbons (Fsp3) is 0.636. The molecule has 0 aromatic carbocycles. The van der Waals surface area contributed by atoms with Crippen LogP contribution in [-0.2, 0) is 16.6 Å². The smallest absolute Gasteiger partial charge is 0.242 e. The number of hydrogen-bond donors (Lipinski definition) is 2. The molecule has 1 heterocycles. The molecule has 1 saturated carbocycles. The SMILES string of the molecule is CNCc1cc(S(=O)(=O)NC(C)C2CC2)c(Br)s1. The average molecular weight is 353 g/mol. The summed E-state index contributed by atoms with van der Waals surface area (Å²) >= 11 is 4.79. The van der Waals surface area contributed by atoms with E-state index in [9.17, 15) is 8.42 Å². The predicted molar refractivity (Wildman–Crippen MR) is 77.3 cm³/mol. The zero-order valence-corrected chi connectivity index (χ0v) is 13.6. The van der Waals surface area contributed by atoms with E-state index in [1.165, 1.54) is 11.3 Å². The van der Waals surface area contributed by atoms with Crippen LogP contribution in [0.5, 0.6) is 0 Å². The van der Waals surface area contributed by atoms with Gasteiger partial charge >= 0.3 is 0 Å². The van der Waals surface area contributed by atoms with Crippen LogP contribution in [0.4, 0.5) is 0 Å². The summed E-state index contributed by atoms with van der Waals surface area (Å²) in [5.74, 6) is 0.508. The van der Waals surface area contributed by atoms with Crippen LogP contribution in [0.2, 0.25) is 0 Å². The van der Waals surface area contributed by atoms with Crippen molar-refractivity contribution in [2.75, 3.05) is 7.05 Å². The second-order valence-electron chi connectivity index (χ2n) is 4.63. The highest BCUT2D eigenvalue weighted by atomic mass is 79.9. The van der Waals surface area contributed by atoms with Gasteiger partial charge in [-0.05, 0) is 54.7 Å². The van der Waals surface area contributed by atoms with Crippen LogP contribution in [0.3, 0.4) is 0 Å². The summed E-state index contributed by atoms with van der Waals surface area (Å²) in [4.78, 5) is 1.36. The van der Waals surface area contributed by atoms with Crippen molar-refractivity contribution in [2.24, 2.45) is 5.92 Å². The molecule has 102 valence electrons. The number of nitrogens with one attached hydrogen (secondary N) is 2. The standard InChI is InChI=1S/C11H17BrN2O2S2/c1-7(8-3-4-8)14-18(15,16)10-5-9(6-13-2)17-11(10)12/h5,7-8,13-14H,3-4,6H2,1-2H3. The first kappa shape index (κ1) is 14.5. The maximum absolute atomic E-state index is 12.3. The second-order valence-corrected chi connectivity index (χ2v) is 8.77. The summed E-state index contributed by atoms with van der Waals surface area (Å²) in [6.45, 7) is 2.61. The highest BCUT2D eigenvalue weighted by molar-refractivity contribution is 9.11. The van der Waals surface area contributed by atoms with Crippen molar-refractivity contribution in [2.45, 2.75) is 37.2 Å². The summed E-state index contributed by atoms with van der Waals surface area (Å²) in [6, 6.07) is 1.75. The Labute approximate surface area is 120 Å². The van der Waals surface area contributed by atoms with Crippen LogP contribution in [-0.4, -0.2) is 21.5 Å². The van der Waals surface area contributed by atoms with Crippen LogP contribution in [0.15, 0.2) is 14.7 Å². The average Bonchev–Trinajstić information content (AvgIpc) is 3.03. The minimum atomic E-state index is -3.41. The van der Waals surface area contributed by atoms with Gasteiger partial charge in [0.1, 0.15) is 4.90 Å². The summed E-state index contributed by atoms with van der Waals surface area (Å²) in [6.07, 6.45) is 2.25. The molecule has 1 aliphatic rings. The molecule has 7 heteroatoms. The monoisotopic (exact) mass is 352 g/mol. The van der Waals surface area contributed by atoms with Crippen molar-refractivity contribution in [1.29, 1.82) is 0 Å². The summed E-state index contributed by atoms with van der Waals surface area (Å²) < 4.78 is 27.9. The van der Waals surface area contributed by atoms with Crippen molar-refractivity contribution in [3.63, 3.8) is 0 Å². The molecule has 0 bridgehead atoms. The van der Waals surface area contributed by atoms with Gasteiger partial charge in [-0.15, -0.1) is 11.3 Å². The Balaban J connectivity index is 2.17. The number of thiophene rings is 1. The van der Waals surface area contributed by atoms with Gasteiger partial charge in [0.2, 0.25) is 10.0 Å². The summed E-state index contributed by atoms with van der Waals surface area (Å²) in [5, 5.41) is 3.02. The quantitative estimate of drug-likeness (QED) is 0.825. The molecular formula is C11H17BrN2O2S2. The van der Waals surface area contributed by atoms with E-state index in [2.05, 4.69) is 26.0 Å².